The molecule has 3 amide bonds. The van der Waals surface area contributed by atoms with Gasteiger partial charge in [0.25, 0.3) is 17.5 Å². The minimum atomic E-state index is -0.697. The van der Waals surface area contributed by atoms with Gasteiger partial charge in [0.05, 0.1) is 10.6 Å². The molecule has 6 rings (SSSR count). The van der Waals surface area contributed by atoms with Crippen LogP contribution in [0.5, 0.6) is 0 Å². The van der Waals surface area contributed by atoms with Crippen molar-refractivity contribution in [1.29, 1.82) is 0 Å². The van der Waals surface area contributed by atoms with Gasteiger partial charge in [0.15, 0.2) is 5.13 Å². The lowest BCUT2D eigenvalue weighted by molar-refractivity contribution is -0.384. The molecule has 0 aliphatic carbocycles. The van der Waals surface area contributed by atoms with Gasteiger partial charge in [0.1, 0.15) is 10.9 Å². The summed E-state index contributed by atoms with van der Waals surface area (Å²) in [7, 11) is 0. The van der Waals surface area contributed by atoms with Crippen molar-refractivity contribution >= 4 is 63.4 Å². The smallest absolute Gasteiger partial charge is 0.272 e. The SMILES string of the molecule is CC(C)c1ccc(/C=C(/NC(=O)c2ccccc2)C(=O)Nc2cccc(SC(C(=O)Nc3nc(-c4cccc([N+](=O)[O-])c4)cs3)c3ccccc3)c2)cc1. The predicted octanol–water partition coefficient (Wildman–Crippen LogP) is 9.72. The Morgan fingerprint density at radius 2 is 1.50 bits per heavy atom. The summed E-state index contributed by atoms with van der Waals surface area (Å²) >= 11 is 2.51. The molecule has 54 heavy (non-hydrogen) atoms. The minimum Gasteiger partial charge on any atom is -0.321 e. The maximum absolute atomic E-state index is 13.8. The highest BCUT2D eigenvalue weighted by Crippen LogP contribution is 2.38. The van der Waals surface area contributed by atoms with Crippen molar-refractivity contribution in [2.45, 2.75) is 29.9 Å². The molecule has 0 aliphatic rings. The zero-order valence-electron chi connectivity index (χ0n) is 29.3. The van der Waals surface area contributed by atoms with Crippen LogP contribution in [0.4, 0.5) is 16.5 Å². The van der Waals surface area contributed by atoms with Gasteiger partial charge >= 0.3 is 0 Å². The largest absolute Gasteiger partial charge is 0.321 e. The number of thioether (sulfide) groups is 1. The standard InChI is InChI=1S/C42H35N5O5S2/c1-27(2)29-21-19-28(20-22-29)23-36(44-39(48)31-13-7-4-8-14-31)40(49)43-33-16-10-18-35(25-33)54-38(30-11-5-3-6-12-30)41(50)46-42-45-37(26-53-42)32-15-9-17-34(24-32)47(51)52/h3-27,38H,1-2H3,(H,43,49)(H,44,48)(H,45,46,50)/b36-23+. The zero-order chi connectivity index (χ0) is 38.0. The highest BCUT2D eigenvalue weighted by Gasteiger charge is 2.24. The first-order valence-electron chi connectivity index (χ1n) is 17.0. The van der Waals surface area contributed by atoms with Crippen molar-refractivity contribution in [1.82, 2.24) is 10.3 Å². The van der Waals surface area contributed by atoms with Gasteiger partial charge in [-0.1, -0.05) is 105 Å². The minimum absolute atomic E-state index is 0.0503. The van der Waals surface area contributed by atoms with Gasteiger partial charge in [-0.05, 0) is 59.0 Å². The quantitative estimate of drug-likeness (QED) is 0.0461. The van der Waals surface area contributed by atoms with Crippen LogP contribution in [0.2, 0.25) is 0 Å². The van der Waals surface area contributed by atoms with Crippen molar-refractivity contribution in [3.8, 4) is 11.3 Å². The summed E-state index contributed by atoms with van der Waals surface area (Å²) in [6.07, 6.45) is 1.64. The molecule has 0 radical (unpaired) electrons. The van der Waals surface area contributed by atoms with E-state index in [9.17, 15) is 24.5 Å². The first-order chi connectivity index (χ1) is 26.1. The van der Waals surface area contributed by atoms with Crippen LogP contribution in [0, 0.1) is 10.1 Å². The molecule has 0 bridgehead atoms. The second-order valence-electron chi connectivity index (χ2n) is 12.4. The van der Waals surface area contributed by atoms with E-state index in [4.69, 9.17) is 0 Å². The molecule has 0 spiro atoms. The van der Waals surface area contributed by atoms with Gasteiger partial charge in [-0.15, -0.1) is 23.1 Å². The lowest BCUT2D eigenvalue weighted by Gasteiger charge is -2.17. The Labute approximate surface area is 320 Å². The number of anilines is 2. The van der Waals surface area contributed by atoms with Crippen molar-refractivity contribution < 1.29 is 19.3 Å². The van der Waals surface area contributed by atoms with Gasteiger partial charge in [0.2, 0.25) is 5.91 Å². The molecule has 0 aliphatic heterocycles. The number of nitrogens with zero attached hydrogens (tertiary/aromatic N) is 2. The van der Waals surface area contributed by atoms with E-state index in [1.807, 2.05) is 66.7 Å². The Kier molecular flexibility index (Phi) is 12.1. The third-order valence-corrected chi connectivity index (χ3v) is 10.2. The number of carbonyl (C=O) groups is 3. The van der Waals surface area contributed by atoms with Gasteiger partial charge in [-0.3, -0.25) is 24.5 Å². The first-order valence-corrected chi connectivity index (χ1v) is 18.7. The molecule has 1 heterocycles. The summed E-state index contributed by atoms with van der Waals surface area (Å²) in [5, 5.41) is 21.3. The van der Waals surface area contributed by atoms with E-state index in [0.717, 1.165) is 16.7 Å². The first kappa shape index (κ1) is 37.4. The normalized spacial score (nSPS) is 11.8. The van der Waals surface area contributed by atoms with Crippen LogP contribution in [0.3, 0.4) is 0 Å². The van der Waals surface area contributed by atoms with E-state index in [-0.39, 0.29) is 17.3 Å². The molecule has 270 valence electrons. The van der Waals surface area contributed by atoms with Crippen molar-refractivity contribution in [3.05, 3.63) is 177 Å². The molecule has 3 N–H and O–H groups in total. The van der Waals surface area contributed by atoms with E-state index < -0.39 is 22.0 Å². The topological polar surface area (TPSA) is 143 Å². The van der Waals surface area contributed by atoms with Gasteiger partial charge < -0.3 is 16.0 Å². The fraction of sp³-hybridized carbons (Fsp3) is 0.0952. The van der Waals surface area contributed by atoms with E-state index in [1.54, 1.807) is 66.1 Å². The van der Waals surface area contributed by atoms with E-state index in [2.05, 4.69) is 34.8 Å². The number of hydrogen-bond acceptors (Lipinski definition) is 8. The summed E-state index contributed by atoms with van der Waals surface area (Å²) in [5.74, 6) is -0.920. The Hall–Kier alpha value is -6.37. The Morgan fingerprint density at radius 3 is 2.20 bits per heavy atom. The molecule has 12 heteroatoms. The maximum atomic E-state index is 13.8. The molecule has 1 atom stereocenters. The molecule has 6 aromatic rings. The third-order valence-electron chi connectivity index (χ3n) is 8.22. The molecule has 0 saturated carbocycles. The Balaban J connectivity index is 1.21. The van der Waals surface area contributed by atoms with Crippen LogP contribution in [0.15, 0.2) is 149 Å². The van der Waals surface area contributed by atoms with Crippen LogP contribution in [0.25, 0.3) is 17.3 Å². The number of amides is 3. The second kappa shape index (κ2) is 17.4. The highest BCUT2D eigenvalue weighted by molar-refractivity contribution is 8.00. The van der Waals surface area contributed by atoms with E-state index in [0.29, 0.717) is 38.5 Å². The number of non-ortho nitro benzene ring substituents is 1. The van der Waals surface area contributed by atoms with E-state index in [1.165, 1.54) is 35.2 Å². The van der Waals surface area contributed by atoms with Crippen molar-refractivity contribution in [2.24, 2.45) is 0 Å². The Morgan fingerprint density at radius 1 is 0.796 bits per heavy atom. The number of nitro groups is 1. The summed E-state index contributed by atoms with van der Waals surface area (Å²) in [5.41, 5.74) is 4.61. The number of benzene rings is 5. The zero-order valence-corrected chi connectivity index (χ0v) is 30.9. The number of carbonyl (C=O) groups excluding carboxylic acids is 3. The van der Waals surface area contributed by atoms with Gasteiger partial charge in [0, 0.05) is 39.2 Å². The fourth-order valence-corrected chi connectivity index (χ4v) is 7.19. The van der Waals surface area contributed by atoms with Crippen molar-refractivity contribution in [2.75, 3.05) is 10.6 Å². The van der Waals surface area contributed by atoms with Crippen LogP contribution in [-0.4, -0.2) is 27.6 Å². The van der Waals surface area contributed by atoms with Crippen LogP contribution >= 0.6 is 23.1 Å². The molecule has 0 fully saturated rings. The maximum Gasteiger partial charge on any atom is 0.272 e. The molecule has 1 unspecified atom stereocenters. The molecule has 5 aromatic carbocycles. The lowest BCUT2D eigenvalue weighted by Crippen LogP contribution is -2.30. The second-order valence-corrected chi connectivity index (χ2v) is 14.5. The molecular formula is C42H35N5O5S2. The van der Waals surface area contributed by atoms with E-state index >= 15 is 0 Å². The number of nitro benzene ring substituents is 1. The fourth-order valence-electron chi connectivity index (χ4n) is 5.38. The van der Waals surface area contributed by atoms with Crippen LogP contribution in [-0.2, 0) is 9.59 Å². The number of aromatic nitrogens is 1. The summed E-state index contributed by atoms with van der Waals surface area (Å²) in [4.78, 5) is 56.8. The molecular weight excluding hydrogens is 719 g/mol. The number of rotatable bonds is 13. The van der Waals surface area contributed by atoms with Gasteiger partial charge in [-0.2, -0.15) is 0 Å². The van der Waals surface area contributed by atoms with Gasteiger partial charge in [-0.25, -0.2) is 4.98 Å². The molecule has 1 aromatic heterocycles. The average molecular weight is 754 g/mol. The molecule has 10 nitrogen and oxygen atoms in total. The number of nitrogens with one attached hydrogen (secondary N) is 3. The summed E-state index contributed by atoms with van der Waals surface area (Å²) < 4.78 is 0. The lowest BCUT2D eigenvalue weighted by atomic mass is 10.0. The monoisotopic (exact) mass is 753 g/mol. The van der Waals surface area contributed by atoms with Crippen LogP contribution in [0.1, 0.15) is 52.1 Å². The predicted molar refractivity (Wildman–Crippen MR) is 215 cm³/mol. The van der Waals surface area contributed by atoms with Crippen LogP contribution < -0.4 is 16.0 Å². The number of hydrogen-bond donors (Lipinski definition) is 3. The Bertz CT molecular complexity index is 2310. The summed E-state index contributed by atoms with van der Waals surface area (Å²) in [6.45, 7) is 4.21. The summed E-state index contributed by atoms with van der Waals surface area (Å²) in [6, 6.07) is 39.1. The third kappa shape index (κ3) is 9.73. The van der Waals surface area contributed by atoms with Crippen molar-refractivity contribution in [3.63, 3.8) is 0 Å². The molecule has 0 saturated heterocycles. The average Bonchev–Trinajstić information content (AvgIpc) is 3.66. The number of thiazole rings is 1. The highest BCUT2D eigenvalue weighted by atomic mass is 32.2.